The molecule has 0 aliphatic carbocycles. The lowest BCUT2D eigenvalue weighted by Crippen LogP contribution is -1.95. The predicted octanol–water partition coefficient (Wildman–Crippen LogP) is 3.12. The predicted molar refractivity (Wildman–Crippen MR) is 67.1 cm³/mol. The summed E-state index contributed by atoms with van der Waals surface area (Å²) in [5, 5.41) is 9.84. The fraction of sp³-hybridized carbons (Fsp3) is 0.250. The third kappa shape index (κ3) is 2.07. The molecule has 0 spiro atoms. The molecule has 2 aromatic rings. The fourth-order valence-electron chi connectivity index (χ4n) is 1.69. The summed E-state index contributed by atoms with van der Waals surface area (Å²) in [6.07, 6.45) is 0. The molecular weight excluding hydrogens is 222 g/mol. The second-order valence-electron chi connectivity index (χ2n) is 3.50. The Balaban J connectivity index is 2.44. The highest BCUT2D eigenvalue weighted by atomic mass is 32.2. The first kappa shape index (κ1) is 11.1. The van der Waals surface area contributed by atoms with E-state index in [0.29, 0.717) is 5.56 Å². The summed E-state index contributed by atoms with van der Waals surface area (Å²) in [6.45, 7) is 2.11. The fourth-order valence-corrected chi connectivity index (χ4v) is 2.27. The second-order valence-corrected chi connectivity index (χ2v) is 4.78. The van der Waals surface area contributed by atoms with Crippen LogP contribution < -0.4 is 0 Å². The van der Waals surface area contributed by atoms with Crippen LogP contribution in [0.2, 0.25) is 0 Å². The van der Waals surface area contributed by atoms with Crippen LogP contribution in [0.5, 0.6) is 0 Å². The quantitative estimate of drug-likeness (QED) is 0.856. The number of aromatic amines is 1. The van der Waals surface area contributed by atoms with Crippen LogP contribution in [-0.4, -0.2) is 21.8 Å². The van der Waals surface area contributed by atoms with Gasteiger partial charge >= 0.3 is 5.97 Å². The molecule has 2 N–H and O–H groups in total. The van der Waals surface area contributed by atoms with Gasteiger partial charge in [-0.15, -0.1) is 0 Å². The van der Waals surface area contributed by atoms with Gasteiger partial charge in [-0.3, -0.25) is 0 Å². The molecule has 0 atom stereocenters. The van der Waals surface area contributed by atoms with E-state index in [1.807, 2.05) is 23.9 Å². The average molecular weight is 235 g/mol. The van der Waals surface area contributed by atoms with Crippen LogP contribution in [0.1, 0.15) is 23.0 Å². The van der Waals surface area contributed by atoms with E-state index >= 15 is 0 Å². The Bertz CT molecular complexity index is 519. The van der Waals surface area contributed by atoms with E-state index < -0.39 is 5.97 Å². The molecule has 0 radical (unpaired) electrons. The van der Waals surface area contributed by atoms with Gasteiger partial charge in [-0.05, 0) is 24.0 Å². The molecule has 4 heteroatoms. The molecule has 1 aromatic heterocycles. The third-order valence-corrected chi connectivity index (χ3v) is 3.34. The summed E-state index contributed by atoms with van der Waals surface area (Å²) >= 11 is 1.81. The smallest absolute Gasteiger partial charge is 0.336 e. The molecule has 0 aliphatic heterocycles. The van der Waals surface area contributed by atoms with E-state index in [0.717, 1.165) is 28.1 Å². The molecule has 0 saturated heterocycles. The van der Waals surface area contributed by atoms with Crippen molar-refractivity contribution in [3.63, 3.8) is 0 Å². The molecule has 0 saturated carbocycles. The number of carboxylic acid groups (broad SMARTS) is 1. The Morgan fingerprint density at radius 1 is 1.50 bits per heavy atom. The van der Waals surface area contributed by atoms with Gasteiger partial charge in [-0.25, -0.2) is 4.79 Å². The van der Waals surface area contributed by atoms with Crippen LogP contribution in [-0.2, 0) is 5.75 Å². The van der Waals surface area contributed by atoms with Crippen LogP contribution in [0, 0.1) is 0 Å². The maximum atomic E-state index is 11.0. The molecule has 0 unspecified atom stereocenters. The van der Waals surface area contributed by atoms with Crippen LogP contribution in [0.4, 0.5) is 0 Å². The lowest BCUT2D eigenvalue weighted by molar-refractivity contribution is 0.0699. The number of aromatic nitrogens is 1. The van der Waals surface area contributed by atoms with Crippen molar-refractivity contribution in [2.24, 2.45) is 0 Å². The Morgan fingerprint density at radius 3 is 3.00 bits per heavy atom. The first-order valence-electron chi connectivity index (χ1n) is 5.14. The number of rotatable bonds is 4. The number of hydrogen-bond acceptors (Lipinski definition) is 2. The maximum absolute atomic E-state index is 11.0. The number of benzene rings is 1. The summed E-state index contributed by atoms with van der Waals surface area (Å²) in [7, 11) is 0. The van der Waals surface area contributed by atoms with Crippen molar-refractivity contribution in [3.8, 4) is 0 Å². The zero-order chi connectivity index (χ0) is 11.5. The van der Waals surface area contributed by atoms with Crippen molar-refractivity contribution >= 4 is 28.6 Å². The molecule has 0 fully saturated rings. The normalized spacial score (nSPS) is 10.8. The highest BCUT2D eigenvalue weighted by Crippen LogP contribution is 2.22. The number of hydrogen-bond donors (Lipinski definition) is 2. The zero-order valence-corrected chi connectivity index (χ0v) is 9.80. The zero-order valence-electron chi connectivity index (χ0n) is 8.99. The van der Waals surface area contributed by atoms with E-state index in [1.54, 1.807) is 12.1 Å². The first-order valence-corrected chi connectivity index (χ1v) is 6.29. The minimum Gasteiger partial charge on any atom is -0.478 e. The molecule has 16 heavy (non-hydrogen) atoms. The number of aromatic carboxylic acids is 1. The Hall–Kier alpha value is -1.42. The highest BCUT2D eigenvalue weighted by Gasteiger charge is 2.10. The second kappa shape index (κ2) is 4.61. The monoisotopic (exact) mass is 235 g/mol. The van der Waals surface area contributed by atoms with Crippen LogP contribution >= 0.6 is 11.8 Å². The van der Waals surface area contributed by atoms with E-state index in [4.69, 9.17) is 5.11 Å². The Kier molecular flexibility index (Phi) is 3.19. The minimum atomic E-state index is -0.876. The van der Waals surface area contributed by atoms with E-state index in [1.165, 1.54) is 0 Å². The summed E-state index contributed by atoms with van der Waals surface area (Å²) < 4.78 is 0. The van der Waals surface area contributed by atoms with Gasteiger partial charge in [0.05, 0.1) is 5.56 Å². The Morgan fingerprint density at radius 2 is 2.31 bits per heavy atom. The number of fused-ring (bicyclic) bond motifs is 1. The number of thioether (sulfide) groups is 1. The molecule has 84 valence electrons. The summed E-state index contributed by atoms with van der Waals surface area (Å²) in [5.74, 6) is 1.07. The van der Waals surface area contributed by atoms with Crippen LogP contribution in [0.25, 0.3) is 10.9 Å². The van der Waals surface area contributed by atoms with Gasteiger partial charge in [0.25, 0.3) is 0 Å². The topological polar surface area (TPSA) is 53.1 Å². The first-order chi connectivity index (χ1) is 7.72. The lowest BCUT2D eigenvalue weighted by Gasteiger charge is -1.94. The molecule has 1 aromatic carbocycles. The van der Waals surface area contributed by atoms with Crippen molar-refractivity contribution in [1.29, 1.82) is 0 Å². The maximum Gasteiger partial charge on any atom is 0.336 e. The number of H-pyrrole nitrogens is 1. The van der Waals surface area contributed by atoms with Gasteiger partial charge < -0.3 is 10.1 Å². The number of nitrogens with one attached hydrogen (secondary N) is 1. The molecular formula is C12H13NO2S. The Labute approximate surface area is 97.9 Å². The lowest BCUT2D eigenvalue weighted by atomic mass is 10.1. The van der Waals surface area contributed by atoms with Crippen LogP contribution in [0.15, 0.2) is 24.3 Å². The molecule has 1 heterocycles. The summed E-state index contributed by atoms with van der Waals surface area (Å²) in [5.41, 5.74) is 2.34. The molecule has 2 rings (SSSR count). The van der Waals surface area contributed by atoms with E-state index in [2.05, 4.69) is 11.9 Å². The van der Waals surface area contributed by atoms with Crippen molar-refractivity contribution in [3.05, 3.63) is 35.5 Å². The van der Waals surface area contributed by atoms with Crippen molar-refractivity contribution in [1.82, 2.24) is 4.98 Å². The highest BCUT2D eigenvalue weighted by molar-refractivity contribution is 7.98. The minimum absolute atomic E-state index is 0.362. The van der Waals surface area contributed by atoms with Gasteiger partial charge in [0.15, 0.2) is 0 Å². The van der Waals surface area contributed by atoms with Crippen LogP contribution in [0.3, 0.4) is 0 Å². The van der Waals surface area contributed by atoms with Gasteiger partial charge in [0.2, 0.25) is 0 Å². The molecule has 3 nitrogen and oxygen atoms in total. The average Bonchev–Trinajstić information content (AvgIpc) is 2.68. The van der Waals surface area contributed by atoms with Crippen molar-refractivity contribution in [2.75, 3.05) is 5.75 Å². The third-order valence-electron chi connectivity index (χ3n) is 2.41. The van der Waals surface area contributed by atoms with Crippen molar-refractivity contribution in [2.45, 2.75) is 12.7 Å². The largest absolute Gasteiger partial charge is 0.478 e. The number of carbonyl (C=O) groups is 1. The molecule has 0 amide bonds. The van der Waals surface area contributed by atoms with E-state index in [-0.39, 0.29) is 0 Å². The van der Waals surface area contributed by atoms with Gasteiger partial charge in [-0.2, -0.15) is 11.8 Å². The standard InChI is InChI=1S/C12H13NO2S/c1-2-16-7-8-6-10-9(12(14)15)4-3-5-11(10)13-8/h3-6,13H,2,7H2,1H3,(H,14,15). The SMILES string of the molecule is CCSCc1cc2c(C(=O)O)cccc2[nH]1. The molecule has 0 bridgehead atoms. The number of carboxylic acids is 1. The molecule has 0 aliphatic rings. The van der Waals surface area contributed by atoms with Gasteiger partial charge in [0.1, 0.15) is 0 Å². The van der Waals surface area contributed by atoms with E-state index in [9.17, 15) is 4.79 Å². The van der Waals surface area contributed by atoms with Crippen molar-refractivity contribution < 1.29 is 9.90 Å². The van der Waals surface area contributed by atoms with Gasteiger partial charge in [0, 0.05) is 22.3 Å². The summed E-state index contributed by atoms with van der Waals surface area (Å²) in [6, 6.07) is 7.23. The van der Waals surface area contributed by atoms with Gasteiger partial charge in [-0.1, -0.05) is 13.0 Å². The summed E-state index contributed by atoms with van der Waals surface area (Å²) in [4.78, 5) is 14.3.